The van der Waals surface area contributed by atoms with Crippen LogP contribution in [0.1, 0.15) is 52.3 Å². The Bertz CT molecular complexity index is 482. The topological polar surface area (TPSA) is 41.3 Å². The Morgan fingerprint density at radius 3 is 2.90 bits per heavy atom. The molecule has 21 heavy (non-hydrogen) atoms. The van der Waals surface area contributed by atoms with E-state index in [4.69, 9.17) is 0 Å². The number of hydrogen-bond donors (Lipinski definition) is 1. The second-order valence-corrected chi connectivity index (χ2v) is 7.49. The molecule has 1 aliphatic heterocycles. The smallest absolute Gasteiger partial charge is 0.122 e. The van der Waals surface area contributed by atoms with Gasteiger partial charge in [-0.1, -0.05) is 27.2 Å². The van der Waals surface area contributed by atoms with Gasteiger partial charge in [0, 0.05) is 31.5 Å². The Balaban J connectivity index is 1.72. The highest BCUT2D eigenvalue weighted by Crippen LogP contribution is 2.42. The molecule has 1 aliphatic carbocycles. The molecule has 0 bridgehead atoms. The third-order valence-corrected chi connectivity index (χ3v) is 6.04. The molecule has 118 valence electrons. The third-order valence-electron chi connectivity index (χ3n) is 6.04. The lowest BCUT2D eigenvalue weighted by molar-refractivity contribution is -0.0304. The summed E-state index contributed by atoms with van der Waals surface area (Å²) in [5.74, 6) is 1.86. The SMILES string of the molecule is CCC(C)(C)C1CCC(O)C(N2CCn3ccnc3C2)C1. The number of nitrogens with zero attached hydrogens (tertiary/aromatic N) is 3. The van der Waals surface area contributed by atoms with E-state index in [9.17, 15) is 5.11 Å². The Morgan fingerprint density at radius 2 is 2.14 bits per heavy atom. The van der Waals surface area contributed by atoms with E-state index >= 15 is 0 Å². The molecule has 2 aliphatic rings. The van der Waals surface area contributed by atoms with Gasteiger partial charge in [-0.05, 0) is 30.6 Å². The van der Waals surface area contributed by atoms with Crippen LogP contribution in [-0.2, 0) is 13.1 Å². The third kappa shape index (κ3) is 2.88. The largest absolute Gasteiger partial charge is 0.391 e. The van der Waals surface area contributed by atoms with Crippen molar-refractivity contribution in [2.24, 2.45) is 11.3 Å². The fourth-order valence-electron chi connectivity index (χ4n) is 4.00. The summed E-state index contributed by atoms with van der Waals surface area (Å²) in [5, 5.41) is 10.5. The summed E-state index contributed by atoms with van der Waals surface area (Å²) >= 11 is 0. The number of aliphatic hydroxyl groups is 1. The molecule has 4 heteroatoms. The molecule has 1 aromatic heterocycles. The zero-order chi connectivity index (χ0) is 15.0. The van der Waals surface area contributed by atoms with Crippen molar-refractivity contribution in [2.45, 2.75) is 71.7 Å². The van der Waals surface area contributed by atoms with Crippen LogP contribution in [-0.4, -0.2) is 38.2 Å². The molecule has 1 fully saturated rings. The Labute approximate surface area is 128 Å². The maximum atomic E-state index is 10.5. The summed E-state index contributed by atoms with van der Waals surface area (Å²) in [6.07, 6.45) is 8.24. The van der Waals surface area contributed by atoms with Gasteiger partial charge >= 0.3 is 0 Å². The molecule has 1 aromatic rings. The average molecular weight is 291 g/mol. The van der Waals surface area contributed by atoms with E-state index in [0.717, 1.165) is 44.2 Å². The average Bonchev–Trinajstić information content (AvgIpc) is 2.95. The molecule has 0 amide bonds. The van der Waals surface area contributed by atoms with E-state index in [-0.39, 0.29) is 6.10 Å². The van der Waals surface area contributed by atoms with Crippen molar-refractivity contribution in [3.05, 3.63) is 18.2 Å². The lowest BCUT2D eigenvalue weighted by Gasteiger charge is -2.46. The first-order valence-corrected chi connectivity index (χ1v) is 8.43. The van der Waals surface area contributed by atoms with Crippen LogP contribution < -0.4 is 0 Å². The van der Waals surface area contributed by atoms with Crippen molar-refractivity contribution in [3.8, 4) is 0 Å². The van der Waals surface area contributed by atoms with Gasteiger partial charge in [-0.25, -0.2) is 4.98 Å². The van der Waals surface area contributed by atoms with Crippen LogP contribution in [0.3, 0.4) is 0 Å². The van der Waals surface area contributed by atoms with E-state index in [1.807, 2.05) is 6.20 Å². The second-order valence-electron chi connectivity index (χ2n) is 7.49. The normalized spacial score (nSPS) is 31.1. The van der Waals surface area contributed by atoms with Crippen LogP contribution in [0.25, 0.3) is 0 Å². The Hall–Kier alpha value is -0.870. The Kier molecular flexibility index (Phi) is 4.10. The monoisotopic (exact) mass is 291 g/mol. The lowest BCUT2D eigenvalue weighted by atomic mass is 9.67. The van der Waals surface area contributed by atoms with Crippen LogP contribution >= 0.6 is 0 Å². The minimum atomic E-state index is -0.171. The molecule has 1 saturated carbocycles. The molecule has 0 radical (unpaired) electrons. The molecule has 3 rings (SSSR count). The quantitative estimate of drug-likeness (QED) is 0.931. The summed E-state index contributed by atoms with van der Waals surface area (Å²) in [4.78, 5) is 6.91. The minimum absolute atomic E-state index is 0.171. The first kappa shape index (κ1) is 15.0. The van der Waals surface area contributed by atoms with Gasteiger partial charge in [0.2, 0.25) is 0 Å². The van der Waals surface area contributed by atoms with Gasteiger partial charge in [-0.15, -0.1) is 0 Å². The fourth-order valence-corrected chi connectivity index (χ4v) is 4.00. The molecule has 4 nitrogen and oxygen atoms in total. The Morgan fingerprint density at radius 1 is 1.33 bits per heavy atom. The van der Waals surface area contributed by atoms with Gasteiger partial charge in [0.15, 0.2) is 0 Å². The van der Waals surface area contributed by atoms with Crippen LogP contribution in [0.2, 0.25) is 0 Å². The van der Waals surface area contributed by atoms with E-state index in [1.165, 1.54) is 12.8 Å². The first-order chi connectivity index (χ1) is 10.0. The summed E-state index contributed by atoms with van der Waals surface area (Å²) in [7, 11) is 0. The van der Waals surface area contributed by atoms with Gasteiger partial charge in [-0.2, -0.15) is 0 Å². The predicted molar refractivity (Wildman–Crippen MR) is 83.8 cm³/mol. The van der Waals surface area contributed by atoms with Gasteiger partial charge in [0.05, 0.1) is 12.6 Å². The zero-order valence-corrected chi connectivity index (χ0v) is 13.6. The number of rotatable bonds is 3. The highest BCUT2D eigenvalue weighted by molar-refractivity contribution is 4.99. The number of fused-ring (bicyclic) bond motifs is 1. The molecule has 3 unspecified atom stereocenters. The molecule has 3 atom stereocenters. The zero-order valence-electron chi connectivity index (χ0n) is 13.6. The summed E-state index contributed by atoms with van der Waals surface area (Å²) in [6, 6.07) is 0.306. The standard InChI is InChI=1S/C17H29N3O/c1-4-17(2,3)13-5-6-15(21)14(11-13)20-10-9-19-8-7-18-16(19)12-20/h7-8,13-15,21H,4-6,9-12H2,1-3H3. The number of hydrogen-bond acceptors (Lipinski definition) is 3. The molecule has 1 N–H and O–H groups in total. The van der Waals surface area contributed by atoms with Crippen molar-refractivity contribution in [1.82, 2.24) is 14.5 Å². The molecule has 2 heterocycles. The van der Waals surface area contributed by atoms with E-state index in [2.05, 4.69) is 41.4 Å². The number of aliphatic hydroxyl groups excluding tert-OH is 1. The van der Waals surface area contributed by atoms with E-state index in [0.29, 0.717) is 11.5 Å². The van der Waals surface area contributed by atoms with E-state index in [1.54, 1.807) is 0 Å². The van der Waals surface area contributed by atoms with Crippen molar-refractivity contribution in [3.63, 3.8) is 0 Å². The minimum Gasteiger partial charge on any atom is -0.391 e. The maximum absolute atomic E-state index is 10.5. The molecule has 0 spiro atoms. The van der Waals surface area contributed by atoms with Crippen LogP contribution in [0, 0.1) is 11.3 Å². The summed E-state index contributed by atoms with van der Waals surface area (Å²) in [5.41, 5.74) is 0.382. The van der Waals surface area contributed by atoms with Crippen molar-refractivity contribution < 1.29 is 5.11 Å². The van der Waals surface area contributed by atoms with Crippen molar-refractivity contribution >= 4 is 0 Å². The summed E-state index contributed by atoms with van der Waals surface area (Å²) < 4.78 is 2.24. The second kappa shape index (κ2) is 5.73. The summed E-state index contributed by atoms with van der Waals surface area (Å²) in [6.45, 7) is 9.97. The lowest BCUT2D eigenvalue weighted by Crippen LogP contribution is -2.51. The van der Waals surface area contributed by atoms with E-state index < -0.39 is 0 Å². The van der Waals surface area contributed by atoms with Crippen LogP contribution in [0.15, 0.2) is 12.4 Å². The van der Waals surface area contributed by atoms with Gasteiger partial charge in [0.25, 0.3) is 0 Å². The molecule has 0 aromatic carbocycles. The molecular weight excluding hydrogens is 262 g/mol. The predicted octanol–water partition coefficient (Wildman–Crippen LogP) is 2.66. The van der Waals surface area contributed by atoms with Gasteiger partial charge in [-0.3, -0.25) is 4.90 Å². The van der Waals surface area contributed by atoms with Gasteiger partial charge < -0.3 is 9.67 Å². The molecular formula is C17H29N3O. The first-order valence-electron chi connectivity index (χ1n) is 8.43. The van der Waals surface area contributed by atoms with Crippen molar-refractivity contribution in [1.29, 1.82) is 0 Å². The maximum Gasteiger partial charge on any atom is 0.122 e. The number of aromatic nitrogens is 2. The number of imidazole rings is 1. The molecule has 0 saturated heterocycles. The van der Waals surface area contributed by atoms with Crippen molar-refractivity contribution in [2.75, 3.05) is 6.54 Å². The highest BCUT2D eigenvalue weighted by atomic mass is 16.3. The van der Waals surface area contributed by atoms with Gasteiger partial charge in [0.1, 0.15) is 5.82 Å². The van der Waals surface area contributed by atoms with Crippen LogP contribution in [0.4, 0.5) is 0 Å². The highest BCUT2D eigenvalue weighted by Gasteiger charge is 2.39. The van der Waals surface area contributed by atoms with Crippen LogP contribution in [0.5, 0.6) is 0 Å². The fraction of sp³-hybridized carbons (Fsp3) is 0.824.